The fraction of sp³-hybridized carbons (Fsp3) is 0.280. The number of hydrogen-bond donors (Lipinski definition) is 2. The fourth-order valence-corrected chi connectivity index (χ4v) is 3.80. The van der Waals surface area contributed by atoms with Gasteiger partial charge in [0, 0.05) is 30.9 Å². The van der Waals surface area contributed by atoms with E-state index in [0.717, 1.165) is 23.5 Å². The van der Waals surface area contributed by atoms with Crippen molar-refractivity contribution in [2.75, 3.05) is 31.1 Å². The molecule has 176 valence electrons. The molecule has 0 spiro atoms. The van der Waals surface area contributed by atoms with Gasteiger partial charge in [0.05, 0.1) is 30.7 Å². The highest BCUT2D eigenvalue weighted by molar-refractivity contribution is 5.94. The normalized spacial score (nSPS) is 13.4. The van der Waals surface area contributed by atoms with Crippen LogP contribution in [0.5, 0.6) is 0 Å². The van der Waals surface area contributed by atoms with Crippen LogP contribution >= 0.6 is 0 Å². The Hall–Kier alpha value is -4.14. The summed E-state index contributed by atoms with van der Waals surface area (Å²) in [5.41, 5.74) is 4.30. The molecule has 0 unspecified atom stereocenters. The van der Waals surface area contributed by atoms with Crippen LogP contribution in [0, 0.1) is 6.92 Å². The predicted molar refractivity (Wildman–Crippen MR) is 127 cm³/mol. The van der Waals surface area contributed by atoms with E-state index in [1.165, 1.54) is 6.20 Å². The third kappa shape index (κ3) is 5.09. The van der Waals surface area contributed by atoms with Crippen molar-refractivity contribution >= 4 is 23.5 Å². The van der Waals surface area contributed by atoms with Crippen molar-refractivity contribution in [3.05, 3.63) is 77.1 Å². The highest BCUT2D eigenvalue weighted by Crippen LogP contribution is 2.17. The van der Waals surface area contributed by atoms with Crippen molar-refractivity contribution in [1.29, 1.82) is 0 Å². The summed E-state index contributed by atoms with van der Waals surface area (Å²) in [6.07, 6.45) is 1.49. The number of rotatable bonds is 7. The van der Waals surface area contributed by atoms with Gasteiger partial charge in [0.15, 0.2) is 0 Å². The minimum atomic E-state index is -0.406. The molecule has 2 amide bonds. The van der Waals surface area contributed by atoms with E-state index in [-0.39, 0.29) is 11.8 Å². The topological polar surface area (TPSA) is 106 Å². The zero-order chi connectivity index (χ0) is 24.1. The number of piperazine rings is 1. The van der Waals surface area contributed by atoms with E-state index < -0.39 is 5.97 Å². The lowest BCUT2D eigenvalue weighted by Gasteiger charge is -2.28. The third-order valence-electron chi connectivity index (χ3n) is 5.67. The number of ether oxygens (including phenoxy) is 1. The average Bonchev–Trinajstić information content (AvgIpc) is 3.24. The highest BCUT2D eigenvalue weighted by Gasteiger charge is 2.17. The van der Waals surface area contributed by atoms with Crippen molar-refractivity contribution in [1.82, 2.24) is 20.4 Å². The van der Waals surface area contributed by atoms with E-state index in [0.29, 0.717) is 43.1 Å². The fourth-order valence-electron chi connectivity index (χ4n) is 3.80. The molecular formula is C25H27N5O4. The van der Waals surface area contributed by atoms with Gasteiger partial charge in [-0.1, -0.05) is 12.1 Å². The molecule has 0 saturated carbocycles. The Kier molecular flexibility index (Phi) is 6.91. The van der Waals surface area contributed by atoms with Crippen LogP contribution in [0.3, 0.4) is 0 Å². The molecule has 1 aliphatic rings. The number of anilines is 1. The van der Waals surface area contributed by atoms with Crippen LogP contribution in [0.2, 0.25) is 0 Å². The number of carbonyl (C=O) groups is 3. The van der Waals surface area contributed by atoms with Gasteiger partial charge in [-0.3, -0.25) is 9.59 Å². The molecule has 1 saturated heterocycles. The monoisotopic (exact) mass is 461 g/mol. The maximum absolute atomic E-state index is 12.6. The van der Waals surface area contributed by atoms with Gasteiger partial charge in [-0.2, -0.15) is 5.10 Å². The lowest BCUT2D eigenvalue weighted by Crippen LogP contribution is -2.47. The Balaban J connectivity index is 1.35. The Morgan fingerprint density at radius 3 is 2.47 bits per heavy atom. The van der Waals surface area contributed by atoms with Crippen molar-refractivity contribution in [2.45, 2.75) is 20.4 Å². The van der Waals surface area contributed by atoms with Crippen molar-refractivity contribution in [3.8, 4) is 5.69 Å². The summed E-state index contributed by atoms with van der Waals surface area (Å²) >= 11 is 0. The molecule has 9 heteroatoms. The number of amides is 2. The van der Waals surface area contributed by atoms with E-state index in [1.807, 2.05) is 29.2 Å². The van der Waals surface area contributed by atoms with Gasteiger partial charge < -0.3 is 20.3 Å². The van der Waals surface area contributed by atoms with Crippen LogP contribution in [0.25, 0.3) is 5.69 Å². The first-order valence-electron chi connectivity index (χ1n) is 11.2. The van der Waals surface area contributed by atoms with Gasteiger partial charge in [-0.25, -0.2) is 9.48 Å². The molecule has 2 heterocycles. The molecule has 1 fully saturated rings. The Morgan fingerprint density at radius 2 is 1.79 bits per heavy atom. The molecule has 1 aliphatic heterocycles. The summed E-state index contributed by atoms with van der Waals surface area (Å²) in [6, 6.07) is 14.8. The maximum Gasteiger partial charge on any atom is 0.341 e. The molecule has 3 aromatic rings. The van der Waals surface area contributed by atoms with Crippen molar-refractivity contribution < 1.29 is 19.1 Å². The lowest BCUT2D eigenvalue weighted by atomic mass is 10.1. The number of benzene rings is 2. The van der Waals surface area contributed by atoms with E-state index in [1.54, 1.807) is 42.8 Å². The Labute approximate surface area is 197 Å². The molecule has 4 rings (SSSR count). The standard InChI is InChI=1S/C25H27N5O4/c1-3-34-25(33)22-15-28-30(17(22)2)21-10-6-19(7-11-21)24(32)27-14-18-4-8-20(9-5-18)29-13-12-26-23(31)16-29/h4-11,15H,3,12-14,16H2,1-2H3,(H,26,31)(H,27,32). The Morgan fingerprint density at radius 1 is 1.09 bits per heavy atom. The van der Waals surface area contributed by atoms with Gasteiger partial charge in [-0.05, 0) is 55.8 Å². The first-order chi connectivity index (χ1) is 16.5. The van der Waals surface area contributed by atoms with Crippen LogP contribution in [0.1, 0.15) is 38.9 Å². The van der Waals surface area contributed by atoms with Gasteiger partial charge in [0.1, 0.15) is 5.56 Å². The molecule has 0 atom stereocenters. The predicted octanol–water partition coefficient (Wildman–Crippen LogP) is 2.22. The first kappa shape index (κ1) is 23.0. The summed E-state index contributed by atoms with van der Waals surface area (Å²) in [6.45, 7) is 6.02. The molecular weight excluding hydrogens is 434 g/mol. The van der Waals surface area contributed by atoms with Crippen LogP contribution < -0.4 is 15.5 Å². The van der Waals surface area contributed by atoms with Crippen molar-refractivity contribution in [2.24, 2.45) is 0 Å². The molecule has 0 bridgehead atoms. The molecule has 2 N–H and O–H groups in total. The highest BCUT2D eigenvalue weighted by atomic mass is 16.5. The SMILES string of the molecule is CCOC(=O)c1cnn(-c2ccc(C(=O)NCc3ccc(N4CCNC(=O)C4)cc3)cc2)c1C. The van der Waals surface area contributed by atoms with Crippen LogP contribution in [-0.4, -0.2) is 53.8 Å². The maximum atomic E-state index is 12.6. The number of hydrogen-bond acceptors (Lipinski definition) is 6. The quantitative estimate of drug-likeness (QED) is 0.523. The summed E-state index contributed by atoms with van der Waals surface area (Å²) in [4.78, 5) is 38.2. The number of nitrogens with one attached hydrogen (secondary N) is 2. The summed E-state index contributed by atoms with van der Waals surface area (Å²) in [5, 5.41) is 10.0. The zero-order valence-electron chi connectivity index (χ0n) is 19.2. The van der Waals surface area contributed by atoms with Gasteiger partial charge in [0.25, 0.3) is 5.91 Å². The van der Waals surface area contributed by atoms with Crippen LogP contribution in [-0.2, 0) is 16.1 Å². The molecule has 0 radical (unpaired) electrons. The Bertz CT molecular complexity index is 1190. The number of esters is 1. The molecule has 9 nitrogen and oxygen atoms in total. The summed E-state index contributed by atoms with van der Waals surface area (Å²) in [5.74, 6) is -0.569. The molecule has 0 aliphatic carbocycles. The van der Waals surface area contributed by atoms with Gasteiger partial charge >= 0.3 is 5.97 Å². The molecule has 34 heavy (non-hydrogen) atoms. The van der Waals surface area contributed by atoms with E-state index in [9.17, 15) is 14.4 Å². The second kappa shape index (κ2) is 10.2. The third-order valence-corrected chi connectivity index (χ3v) is 5.67. The first-order valence-corrected chi connectivity index (χ1v) is 11.2. The smallest absolute Gasteiger partial charge is 0.341 e. The minimum absolute atomic E-state index is 0.0239. The summed E-state index contributed by atoms with van der Waals surface area (Å²) < 4.78 is 6.69. The van der Waals surface area contributed by atoms with Crippen LogP contribution in [0.4, 0.5) is 5.69 Å². The molecule has 2 aromatic carbocycles. The lowest BCUT2D eigenvalue weighted by molar-refractivity contribution is -0.120. The van der Waals surface area contributed by atoms with Gasteiger partial charge in [0.2, 0.25) is 5.91 Å². The largest absolute Gasteiger partial charge is 0.462 e. The van der Waals surface area contributed by atoms with E-state index in [4.69, 9.17) is 4.74 Å². The zero-order valence-corrected chi connectivity index (χ0v) is 19.2. The molecule has 1 aromatic heterocycles. The van der Waals surface area contributed by atoms with Crippen molar-refractivity contribution in [3.63, 3.8) is 0 Å². The second-order valence-corrected chi connectivity index (χ2v) is 7.94. The second-order valence-electron chi connectivity index (χ2n) is 7.94. The number of nitrogens with zero attached hydrogens (tertiary/aromatic N) is 3. The minimum Gasteiger partial charge on any atom is -0.462 e. The van der Waals surface area contributed by atoms with E-state index in [2.05, 4.69) is 15.7 Å². The van der Waals surface area contributed by atoms with Gasteiger partial charge in [-0.15, -0.1) is 0 Å². The van der Waals surface area contributed by atoms with E-state index >= 15 is 0 Å². The number of carbonyl (C=O) groups excluding carboxylic acids is 3. The number of aromatic nitrogens is 2. The average molecular weight is 462 g/mol. The van der Waals surface area contributed by atoms with Crippen LogP contribution in [0.15, 0.2) is 54.7 Å². The summed E-state index contributed by atoms with van der Waals surface area (Å²) in [7, 11) is 0.